The van der Waals surface area contributed by atoms with E-state index in [1.165, 1.54) is 25.3 Å². The first-order chi connectivity index (χ1) is 14.0. The second kappa shape index (κ2) is 10.9. The third kappa shape index (κ3) is 6.36. The fourth-order valence-corrected chi connectivity index (χ4v) is 2.62. The fourth-order valence-electron chi connectivity index (χ4n) is 2.22. The topological polar surface area (TPSA) is 94.9 Å². The van der Waals surface area contributed by atoms with Crippen molar-refractivity contribution in [1.29, 1.82) is 5.26 Å². The number of hydrogen-bond acceptors (Lipinski definition) is 7. The van der Waals surface area contributed by atoms with Gasteiger partial charge in [0, 0.05) is 0 Å². The first-order valence-electron chi connectivity index (χ1n) is 8.53. The molecular formula is C21H18BrNO6. The molecule has 8 heteroatoms. The van der Waals surface area contributed by atoms with E-state index in [0.717, 1.165) is 4.47 Å². The van der Waals surface area contributed by atoms with Crippen molar-refractivity contribution in [3.05, 3.63) is 58.1 Å². The van der Waals surface area contributed by atoms with Crippen LogP contribution in [0.25, 0.3) is 6.08 Å². The number of ether oxygens (including phenoxy) is 4. The highest BCUT2D eigenvalue weighted by Gasteiger charge is 2.14. The van der Waals surface area contributed by atoms with Crippen LogP contribution in [-0.4, -0.2) is 32.3 Å². The number of methoxy groups -OCH3 is 1. The highest BCUT2D eigenvalue weighted by Crippen LogP contribution is 2.29. The number of nitriles is 1. The summed E-state index contributed by atoms with van der Waals surface area (Å²) in [6.07, 6.45) is 1.36. The molecule has 0 aliphatic carbocycles. The zero-order valence-corrected chi connectivity index (χ0v) is 17.4. The van der Waals surface area contributed by atoms with Crippen molar-refractivity contribution in [3.8, 4) is 23.3 Å². The summed E-state index contributed by atoms with van der Waals surface area (Å²) in [5, 5.41) is 9.12. The molecule has 0 aromatic heterocycles. The third-order valence-electron chi connectivity index (χ3n) is 3.52. The van der Waals surface area contributed by atoms with Crippen LogP contribution in [0.5, 0.6) is 17.2 Å². The van der Waals surface area contributed by atoms with Gasteiger partial charge in [-0.05, 0) is 58.8 Å². The molecule has 2 aromatic carbocycles. The van der Waals surface area contributed by atoms with Gasteiger partial charge in [0.1, 0.15) is 17.4 Å². The van der Waals surface area contributed by atoms with E-state index < -0.39 is 11.9 Å². The van der Waals surface area contributed by atoms with Crippen molar-refractivity contribution in [1.82, 2.24) is 0 Å². The zero-order valence-electron chi connectivity index (χ0n) is 15.8. The molecule has 0 atom stereocenters. The molecule has 0 unspecified atom stereocenters. The van der Waals surface area contributed by atoms with E-state index >= 15 is 0 Å². The van der Waals surface area contributed by atoms with E-state index in [1.54, 1.807) is 37.3 Å². The Labute approximate surface area is 176 Å². The highest BCUT2D eigenvalue weighted by atomic mass is 79.9. The first-order valence-corrected chi connectivity index (χ1v) is 9.32. The number of carbonyl (C=O) groups excluding carboxylic acids is 2. The van der Waals surface area contributed by atoms with Crippen LogP contribution >= 0.6 is 15.9 Å². The summed E-state index contributed by atoms with van der Waals surface area (Å²) in [7, 11) is 1.41. The number of hydrogen-bond donors (Lipinski definition) is 0. The molecule has 0 radical (unpaired) electrons. The SMILES string of the molecule is CCOC(=O)/C(C#N)=C/c1ccc(OC(=O)COc2ccccc2Br)c(OC)c1. The smallest absolute Gasteiger partial charge is 0.349 e. The first kappa shape index (κ1) is 22.0. The van der Waals surface area contributed by atoms with E-state index in [4.69, 9.17) is 24.2 Å². The van der Waals surface area contributed by atoms with Crippen LogP contribution < -0.4 is 14.2 Å². The molecule has 0 bridgehead atoms. The largest absolute Gasteiger partial charge is 0.493 e. The molecule has 2 aromatic rings. The Hall–Kier alpha value is -3.31. The van der Waals surface area contributed by atoms with Crippen molar-refractivity contribution in [2.24, 2.45) is 0 Å². The molecule has 0 amide bonds. The van der Waals surface area contributed by atoms with Gasteiger partial charge in [0.05, 0.1) is 18.2 Å². The third-order valence-corrected chi connectivity index (χ3v) is 4.18. The molecule has 2 rings (SSSR count). The Morgan fingerprint density at radius 3 is 2.55 bits per heavy atom. The predicted octanol–water partition coefficient (Wildman–Crippen LogP) is 3.91. The number of carbonyl (C=O) groups is 2. The lowest BCUT2D eigenvalue weighted by molar-refractivity contribution is -0.138. The summed E-state index contributed by atoms with van der Waals surface area (Å²) in [6.45, 7) is 1.52. The number of para-hydroxylation sites is 1. The Bertz CT molecular complexity index is 964. The molecule has 0 aliphatic heterocycles. The lowest BCUT2D eigenvalue weighted by Crippen LogP contribution is -2.18. The van der Waals surface area contributed by atoms with Crippen molar-refractivity contribution in [2.75, 3.05) is 20.3 Å². The van der Waals surface area contributed by atoms with E-state index in [1.807, 2.05) is 6.07 Å². The second-order valence-electron chi connectivity index (χ2n) is 5.49. The normalized spacial score (nSPS) is 10.6. The molecule has 150 valence electrons. The zero-order chi connectivity index (χ0) is 21.2. The van der Waals surface area contributed by atoms with E-state index in [0.29, 0.717) is 11.3 Å². The minimum atomic E-state index is -0.714. The number of benzene rings is 2. The van der Waals surface area contributed by atoms with Crippen LogP contribution in [0.4, 0.5) is 0 Å². The average molecular weight is 460 g/mol. The standard InChI is InChI=1S/C21H18BrNO6/c1-3-27-21(25)15(12-23)10-14-8-9-18(19(11-14)26-2)29-20(24)13-28-17-7-5-4-6-16(17)22/h4-11H,3,13H2,1-2H3/b15-10+. The van der Waals surface area contributed by atoms with Gasteiger partial charge < -0.3 is 18.9 Å². The molecular weight excluding hydrogens is 442 g/mol. The molecule has 0 fully saturated rings. The van der Waals surface area contributed by atoms with Crippen molar-refractivity contribution < 1.29 is 28.5 Å². The molecule has 0 N–H and O–H groups in total. The second-order valence-corrected chi connectivity index (χ2v) is 6.35. The number of rotatable bonds is 8. The van der Waals surface area contributed by atoms with Gasteiger partial charge in [-0.2, -0.15) is 5.26 Å². The highest BCUT2D eigenvalue weighted by molar-refractivity contribution is 9.10. The van der Waals surface area contributed by atoms with E-state index in [2.05, 4.69) is 15.9 Å². The maximum absolute atomic E-state index is 12.1. The summed E-state index contributed by atoms with van der Waals surface area (Å²) in [5.41, 5.74) is 0.358. The Morgan fingerprint density at radius 1 is 1.14 bits per heavy atom. The monoisotopic (exact) mass is 459 g/mol. The fraction of sp³-hybridized carbons (Fsp3) is 0.190. The van der Waals surface area contributed by atoms with Crippen LogP contribution in [0, 0.1) is 11.3 Å². The molecule has 0 saturated carbocycles. The molecule has 7 nitrogen and oxygen atoms in total. The van der Waals surface area contributed by atoms with Crippen molar-refractivity contribution in [3.63, 3.8) is 0 Å². The van der Waals surface area contributed by atoms with Gasteiger partial charge >= 0.3 is 11.9 Å². The average Bonchev–Trinajstić information content (AvgIpc) is 2.72. The van der Waals surface area contributed by atoms with Crippen molar-refractivity contribution in [2.45, 2.75) is 6.92 Å². The molecule has 0 spiro atoms. The van der Waals surface area contributed by atoms with Crippen LogP contribution in [0.2, 0.25) is 0 Å². The summed E-state index contributed by atoms with van der Waals surface area (Å²) in [6, 6.07) is 13.5. The minimum Gasteiger partial charge on any atom is -0.493 e. The van der Waals surface area contributed by atoms with Crippen LogP contribution in [-0.2, 0) is 14.3 Å². The Balaban J connectivity index is 2.10. The number of esters is 2. The number of nitrogens with zero attached hydrogens (tertiary/aromatic N) is 1. The molecule has 29 heavy (non-hydrogen) atoms. The van der Waals surface area contributed by atoms with Crippen LogP contribution in [0.1, 0.15) is 12.5 Å². The quantitative estimate of drug-likeness (QED) is 0.255. The van der Waals surface area contributed by atoms with Gasteiger partial charge in [-0.1, -0.05) is 18.2 Å². The van der Waals surface area contributed by atoms with E-state index in [-0.39, 0.29) is 30.3 Å². The van der Waals surface area contributed by atoms with Gasteiger partial charge in [0.25, 0.3) is 0 Å². The summed E-state index contributed by atoms with van der Waals surface area (Å²) in [4.78, 5) is 23.8. The van der Waals surface area contributed by atoms with Gasteiger partial charge in [-0.3, -0.25) is 0 Å². The maximum atomic E-state index is 12.1. The van der Waals surface area contributed by atoms with Crippen LogP contribution in [0.15, 0.2) is 52.5 Å². The summed E-state index contributed by atoms with van der Waals surface area (Å²) in [5.74, 6) is -0.380. The molecule has 0 saturated heterocycles. The Kier molecular flexibility index (Phi) is 8.25. The number of halogens is 1. The summed E-state index contributed by atoms with van der Waals surface area (Å²) < 4.78 is 21.5. The van der Waals surface area contributed by atoms with Gasteiger partial charge in [-0.15, -0.1) is 0 Å². The molecule has 0 aliphatic rings. The predicted molar refractivity (Wildman–Crippen MR) is 108 cm³/mol. The lowest BCUT2D eigenvalue weighted by Gasteiger charge is -2.11. The summed E-state index contributed by atoms with van der Waals surface area (Å²) >= 11 is 3.33. The van der Waals surface area contributed by atoms with Gasteiger partial charge in [0.2, 0.25) is 0 Å². The van der Waals surface area contributed by atoms with E-state index in [9.17, 15) is 9.59 Å². The lowest BCUT2D eigenvalue weighted by atomic mass is 10.1. The Morgan fingerprint density at radius 2 is 1.90 bits per heavy atom. The van der Waals surface area contributed by atoms with Crippen LogP contribution in [0.3, 0.4) is 0 Å². The maximum Gasteiger partial charge on any atom is 0.349 e. The van der Waals surface area contributed by atoms with Gasteiger partial charge in [0.15, 0.2) is 18.1 Å². The minimum absolute atomic E-state index is 0.152. The molecule has 0 heterocycles. The van der Waals surface area contributed by atoms with Crippen molar-refractivity contribution >= 4 is 33.9 Å². The van der Waals surface area contributed by atoms with Gasteiger partial charge in [-0.25, -0.2) is 9.59 Å².